The molecule has 0 radical (unpaired) electrons. The minimum Gasteiger partial charge on any atom is -0.459 e. The first-order valence-corrected chi connectivity index (χ1v) is 7.18. The average molecular weight is 279 g/mol. The van der Waals surface area contributed by atoms with Gasteiger partial charge in [-0.25, -0.2) is 0 Å². The smallest absolute Gasteiger partial charge is 0.289 e. The zero-order chi connectivity index (χ0) is 14.0. The van der Waals surface area contributed by atoms with Crippen molar-refractivity contribution in [2.75, 3.05) is 33.4 Å². The number of likely N-dealkylation sites (tertiary alicyclic amines) is 1. The van der Waals surface area contributed by atoms with Crippen LogP contribution < -0.4 is 0 Å². The molecular formula is C15H21NO4. The number of carbonyl (C=O) groups is 1. The lowest BCUT2D eigenvalue weighted by atomic mass is 9.73. The van der Waals surface area contributed by atoms with Crippen LogP contribution in [0.15, 0.2) is 22.8 Å². The van der Waals surface area contributed by atoms with Gasteiger partial charge in [0.05, 0.1) is 19.0 Å². The number of rotatable bonds is 3. The molecule has 0 bridgehead atoms. The molecular weight excluding hydrogens is 258 g/mol. The van der Waals surface area contributed by atoms with E-state index >= 15 is 0 Å². The van der Waals surface area contributed by atoms with Crippen molar-refractivity contribution < 1.29 is 18.7 Å². The lowest BCUT2D eigenvalue weighted by Gasteiger charge is -2.50. The summed E-state index contributed by atoms with van der Waals surface area (Å²) in [4.78, 5) is 14.3. The van der Waals surface area contributed by atoms with Crippen LogP contribution in [0.5, 0.6) is 0 Å². The van der Waals surface area contributed by atoms with E-state index in [0.29, 0.717) is 18.9 Å². The Hall–Kier alpha value is -1.33. The largest absolute Gasteiger partial charge is 0.459 e. The van der Waals surface area contributed by atoms with Crippen molar-refractivity contribution in [2.24, 2.45) is 5.41 Å². The minimum absolute atomic E-state index is 0.0329. The van der Waals surface area contributed by atoms with Crippen LogP contribution in [0.1, 0.15) is 29.8 Å². The predicted octanol–water partition coefficient (Wildman–Crippen LogP) is 1.94. The first-order valence-electron chi connectivity index (χ1n) is 7.18. The Morgan fingerprint density at radius 3 is 3.25 bits per heavy atom. The Balaban J connectivity index is 1.77. The molecule has 2 aliphatic rings. The van der Waals surface area contributed by atoms with Gasteiger partial charge in [-0.1, -0.05) is 0 Å². The fraction of sp³-hybridized carbons (Fsp3) is 0.667. The molecule has 20 heavy (non-hydrogen) atoms. The first-order chi connectivity index (χ1) is 9.75. The van der Waals surface area contributed by atoms with E-state index < -0.39 is 0 Å². The van der Waals surface area contributed by atoms with Gasteiger partial charge >= 0.3 is 0 Å². The minimum atomic E-state index is -0.0620. The van der Waals surface area contributed by atoms with Crippen molar-refractivity contribution in [2.45, 2.75) is 25.4 Å². The summed E-state index contributed by atoms with van der Waals surface area (Å²) < 4.78 is 16.6. The molecule has 0 spiro atoms. The van der Waals surface area contributed by atoms with Crippen LogP contribution in [0.2, 0.25) is 0 Å². The maximum atomic E-state index is 12.4. The van der Waals surface area contributed by atoms with E-state index in [2.05, 4.69) is 0 Å². The zero-order valence-electron chi connectivity index (χ0n) is 11.8. The third-order valence-corrected chi connectivity index (χ3v) is 4.44. The summed E-state index contributed by atoms with van der Waals surface area (Å²) in [5, 5.41) is 0. The average Bonchev–Trinajstić information content (AvgIpc) is 3.00. The number of fused-ring (bicyclic) bond motifs is 1. The van der Waals surface area contributed by atoms with E-state index in [1.165, 1.54) is 6.26 Å². The number of carbonyl (C=O) groups excluding carboxylic acids is 1. The summed E-state index contributed by atoms with van der Waals surface area (Å²) in [6.07, 6.45) is 4.69. The van der Waals surface area contributed by atoms with Crippen LogP contribution in [0, 0.1) is 5.41 Å². The Morgan fingerprint density at radius 2 is 2.50 bits per heavy atom. The number of furan rings is 1. The van der Waals surface area contributed by atoms with Gasteiger partial charge < -0.3 is 18.8 Å². The molecule has 0 saturated carbocycles. The van der Waals surface area contributed by atoms with Gasteiger partial charge in [-0.15, -0.1) is 0 Å². The summed E-state index contributed by atoms with van der Waals surface area (Å²) in [7, 11) is 1.72. The second kappa shape index (κ2) is 5.58. The summed E-state index contributed by atoms with van der Waals surface area (Å²) in [6, 6.07) is 3.46. The molecule has 1 aromatic heterocycles. The SMILES string of the molecule is COC[C@@]12CCCO[C@@H]1CCN(C(=O)c1ccco1)C2. The van der Waals surface area contributed by atoms with Gasteiger partial charge in [-0.2, -0.15) is 0 Å². The van der Waals surface area contributed by atoms with E-state index in [-0.39, 0.29) is 17.4 Å². The van der Waals surface area contributed by atoms with Gasteiger partial charge in [-0.05, 0) is 31.4 Å². The van der Waals surface area contributed by atoms with Crippen LogP contribution in [0.25, 0.3) is 0 Å². The molecule has 3 rings (SSSR count). The number of methoxy groups -OCH3 is 1. The molecule has 0 aromatic carbocycles. The lowest BCUT2D eigenvalue weighted by molar-refractivity contribution is -0.142. The summed E-state index contributed by atoms with van der Waals surface area (Å²) in [5.74, 6) is 0.377. The highest BCUT2D eigenvalue weighted by molar-refractivity contribution is 5.91. The van der Waals surface area contributed by atoms with Crippen molar-refractivity contribution in [1.29, 1.82) is 0 Å². The Kier molecular flexibility index (Phi) is 3.81. The van der Waals surface area contributed by atoms with Crippen molar-refractivity contribution in [3.8, 4) is 0 Å². The van der Waals surface area contributed by atoms with Gasteiger partial charge in [0.25, 0.3) is 5.91 Å². The molecule has 0 N–H and O–H groups in total. The molecule has 2 saturated heterocycles. The Morgan fingerprint density at radius 1 is 1.60 bits per heavy atom. The quantitative estimate of drug-likeness (QED) is 0.848. The highest BCUT2D eigenvalue weighted by Gasteiger charge is 2.47. The van der Waals surface area contributed by atoms with E-state index in [1.54, 1.807) is 19.2 Å². The molecule has 110 valence electrons. The number of hydrogen-bond donors (Lipinski definition) is 0. The molecule has 2 atom stereocenters. The van der Waals surface area contributed by atoms with Crippen molar-refractivity contribution in [3.63, 3.8) is 0 Å². The molecule has 5 nitrogen and oxygen atoms in total. The van der Waals surface area contributed by atoms with Crippen LogP contribution in [0.4, 0.5) is 0 Å². The normalized spacial score (nSPS) is 30.1. The molecule has 5 heteroatoms. The first kappa shape index (κ1) is 13.6. The van der Waals surface area contributed by atoms with Crippen molar-refractivity contribution in [3.05, 3.63) is 24.2 Å². The van der Waals surface area contributed by atoms with Crippen LogP contribution in [-0.4, -0.2) is 50.3 Å². The topological polar surface area (TPSA) is 51.9 Å². The highest BCUT2D eigenvalue weighted by atomic mass is 16.5. The Labute approximate surface area is 118 Å². The third kappa shape index (κ3) is 2.36. The maximum absolute atomic E-state index is 12.4. The van der Waals surface area contributed by atoms with Crippen molar-refractivity contribution >= 4 is 5.91 Å². The van der Waals surface area contributed by atoms with Gasteiger partial charge in [0, 0.05) is 32.2 Å². The second-order valence-electron chi connectivity index (χ2n) is 5.75. The number of ether oxygens (including phenoxy) is 2. The second-order valence-corrected chi connectivity index (χ2v) is 5.75. The monoisotopic (exact) mass is 279 g/mol. The molecule has 2 fully saturated rings. The van der Waals surface area contributed by atoms with Gasteiger partial charge in [0.1, 0.15) is 0 Å². The van der Waals surface area contributed by atoms with Crippen LogP contribution in [-0.2, 0) is 9.47 Å². The molecule has 3 heterocycles. The third-order valence-electron chi connectivity index (χ3n) is 4.44. The molecule has 0 unspecified atom stereocenters. The van der Waals surface area contributed by atoms with Crippen LogP contribution >= 0.6 is 0 Å². The van der Waals surface area contributed by atoms with Crippen LogP contribution in [0.3, 0.4) is 0 Å². The predicted molar refractivity (Wildman–Crippen MR) is 72.5 cm³/mol. The van der Waals surface area contributed by atoms with E-state index in [0.717, 1.165) is 32.4 Å². The standard InChI is InChI=1S/C15H21NO4/c1-18-11-15-6-3-9-20-13(15)5-7-16(10-15)14(17)12-4-2-8-19-12/h2,4,8,13H,3,5-7,9-11H2,1H3/t13-,15+/m1/s1. The van der Waals surface area contributed by atoms with Gasteiger partial charge in [0.15, 0.2) is 5.76 Å². The van der Waals surface area contributed by atoms with Gasteiger partial charge in [-0.3, -0.25) is 4.79 Å². The highest BCUT2D eigenvalue weighted by Crippen LogP contribution is 2.40. The van der Waals surface area contributed by atoms with E-state index in [9.17, 15) is 4.79 Å². The maximum Gasteiger partial charge on any atom is 0.289 e. The molecule has 0 aliphatic carbocycles. The molecule has 2 aliphatic heterocycles. The summed E-state index contributed by atoms with van der Waals surface area (Å²) in [5.41, 5.74) is -0.0620. The van der Waals surface area contributed by atoms with Crippen molar-refractivity contribution in [1.82, 2.24) is 4.90 Å². The fourth-order valence-corrected chi connectivity index (χ4v) is 3.52. The summed E-state index contributed by atoms with van der Waals surface area (Å²) >= 11 is 0. The fourth-order valence-electron chi connectivity index (χ4n) is 3.52. The number of piperidine rings is 1. The number of hydrogen-bond acceptors (Lipinski definition) is 4. The Bertz CT molecular complexity index is 454. The van der Waals surface area contributed by atoms with E-state index in [4.69, 9.17) is 13.9 Å². The zero-order valence-corrected chi connectivity index (χ0v) is 11.8. The summed E-state index contributed by atoms with van der Waals surface area (Å²) in [6.45, 7) is 2.86. The molecule has 1 amide bonds. The number of nitrogens with zero attached hydrogens (tertiary/aromatic N) is 1. The molecule has 1 aromatic rings. The van der Waals surface area contributed by atoms with E-state index in [1.807, 2.05) is 4.90 Å². The number of amides is 1. The lowest BCUT2D eigenvalue weighted by Crippen LogP contribution is -2.58. The van der Waals surface area contributed by atoms with Gasteiger partial charge in [0.2, 0.25) is 0 Å².